The number of Topliss-reactive ketones (excluding diaryl/α,β-unsaturated/α-hetero) is 1. The average molecular weight is 373 g/mol. The number of methoxy groups -OCH3 is 1. The number of amides is 1. The number of hydrogen-bond donors (Lipinski definition) is 0. The maximum Gasteiger partial charge on any atom is 0.309 e. The van der Waals surface area contributed by atoms with Crippen LogP contribution in [0.5, 0.6) is 5.75 Å². The molecule has 1 aromatic rings. The lowest BCUT2D eigenvalue weighted by Crippen LogP contribution is -2.40. The lowest BCUT2D eigenvalue weighted by Gasteiger charge is -2.36. The summed E-state index contributed by atoms with van der Waals surface area (Å²) in [4.78, 5) is 38.4. The van der Waals surface area contributed by atoms with Gasteiger partial charge in [-0.2, -0.15) is 0 Å². The van der Waals surface area contributed by atoms with Gasteiger partial charge in [-0.15, -0.1) is 0 Å². The molecular weight excluding hydrogens is 346 g/mol. The highest BCUT2D eigenvalue weighted by Crippen LogP contribution is 2.40. The Morgan fingerprint density at radius 2 is 1.81 bits per heavy atom. The molecule has 0 heterocycles. The van der Waals surface area contributed by atoms with Crippen LogP contribution in [0.3, 0.4) is 0 Å². The fourth-order valence-electron chi connectivity index (χ4n) is 4.21. The minimum Gasteiger partial charge on any atom is -0.496 e. The van der Waals surface area contributed by atoms with E-state index >= 15 is 0 Å². The topological polar surface area (TPSA) is 72.9 Å². The minimum atomic E-state index is -0.349. The van der Waals surface area contributed by atoms with Gasteiger partial charge in [0, 0.05) is 31.0 Å². The van der Waals surface area contributed by atoms with Gasteiger partial charge in [0.05, 0.1) is 13.0 Å². The third kappa shape index (κ3) is 4.49. The first-order valence-corrected chi connectivity index (χ1v) is 9.55. The van der Waals surface area contributed by atoms with Crippen molar-refractivity contribution < 1.29 is 23.9 Å². The first kappa shape index (κ1) is 19.4. The summed E-state index contributed by atoms with van der Waals surface area (Å²) in [6.45, 7) is 0.104. The standard InChI is InChI=1S/C21H27NO5/c1-22(12-16-6-3-4-9-18(16)26-2)19(23)13-27-21(25)17-10-14-7-5-8-15(11-17)20(14)24/h3-4,6,9,14-15,17H,5,7-8,10-13H2,1-2H3/t14-,15-/m0/s1. The lowest BCUT2D eigenvalue weighted by molar-refractivity contribution is -0.158. The van der Waals surface area contributed by atoms with Crippen molar-refractivity contribution in [2.75, 3.05) is 20.8 Å². The smallest absolute Gasteiger partial charge is 0.309 e. The molecule has 0 N–H and O–H groups in total. The summed E-state index contributed by atoms with van der Waals surface area (Å²) in [6.07, 6.45) is 3.95. The van der Waals surface area contributed by atoms with Gasteiger partial charge >= 0.3 is 5.97 Å². The van der Waals surface area contributed by atoms with E-state index < -0.39 is 0 Å². The van der Waals surface area contributed by atoms with Crippen LogP contribution in [-0.4, -0.2) is 43.3 Å². The second-order valence-corrected chi connectivity index (χ2v) is 7.56. The summed E-state index contributed by atoms with van der Waals surface area (Å²) in [6, 6.07) is 7.50. The Bertz CT molecular complexity index is 700. The SMILES string of the molecule is COc1ccccc1CN(C)C(=O)COC(=O)C1C[C@@H]2CCC[C@@H](C1)C2=O. The quantitative estimate of drug-likeness (QED) is 0.717. The minimum absolute atomic E-state index is 0.000953. The fraction of sp³-hybridized carbons (Fsp3) is 0.571. The molecule has 0 spiro atoms. The molecule has 6 nitrogen and oxygen atoms in total. The maximum atomic E-state index is 12.4. The maximum absolute atomic E-state index is 12.4. The fourth-order valence-corrected chi connectivity index (χ4v) is 4.21. The molecule has 0 radical (unpaired) electrons. The predicted octanol–water partition coefficient (Wildman–Crippen LogP) is 2.59. The van der Waals surface area contributed by atoms with Gasteiger partial charge in [0.15, 0.2) is 6.61 Å². The van der Waals surface area contributed by atoms with E-state index in [1.165, 1.54) is 4.90 Å². The van der Waals surface area contributed by atoms with Crippen molar-refractivity contribution in [1.29, 1.82) is 0 Å². The number of carbonyl (C=O) groups is 3. The van der Waals surface area contributed by atoms with E-state index in [2.05, 4.69) is 0 Å². The number of esters is 1. The molecule has 2 aliphatic carbocycles. The summed E-state index contributed by atoms with van der Waals surface area (Å²) >= 11 is 0. The highest BCUT2D eigenvalue weighted by molar-refractivity contribution is 5.88. The van der Waals surface area contributed by atoms with Crippen LogP contribution in [0.25, 0.3) is 0 Å². The van der Waals surface area contributed by atoms with E-state index in [4.69, 9.17) is 9.47 Å². The summed E-state index contributed by atoms with van der Waals surface area (Å²) in [5.41, 5.74) is 0.890. The van der Waals surface area contributed by atoms with Gasteiger partial charge in [-0.3, -0.25) is 14.4 Å². The van der Waals surface area contributed by atoms with Crippen molar-refractivity contribution >= 4 is 17.7 Å². The molecule has 1 amide bonds. The molecule has 6 heteroatoms. The molecule has 2 atom stereocenters. The summed E-state index contributed by atoms with van der Waals surface area (Å²) < 4.78 is 10.6. The lowest BCUT2D eigenvalue weighted by atomic mass is 9.67. The van der Waals surface area contributed by atoms with E-state index in [1.54, 1.807) is 14.2 Å². The second-order valence-electron chi connectivity index (χ2n) is 7.56. The van der Waals surface area contributed by atoms with E-state index in [0.717, 1.165) is 24.8 Å². The van der Waals surface area contributed by atoms with Crippen molar-refractivity contribution in [2.45, 2.75) is 38.6 Å². The largest absolute Gasteiger partial charge is 0.496 e. The second kappa shape index (κ2) is 8.55. The summed E-state index contributed by atoms with van der Waals surface area (Å²) in [7, 11) is 3.26. The highest BCUT2D eigenvalue weighted by atomic mass is 16.5. The zero-order valence-corrected chi connectivity index (χ0v) is 16.0. The number of ether oxygens (including phenoxy) is 2. The Morgan fingerprint density at radius 1 is 1.15 bits per heavy atom. The van der Waals surface area contributed by atoms with Gasteiger partial charge in [-0.05, 0) is 31.7 Å². The zero-order chi connectivity index (χ0) is 19.4. The Balaban J connectivity index is 1.49. The molecule has 0 unspecified atom stereocenters. The van der Waals surface area contributed by atoms with E-state index in [9.17, 15) is 14.4 Å². The van der Waals surface area contributed by atoms with Crippen LogP contribution in [0.4, 0.5) is 0 Å². The normalized spacial score (nSPS) is 24.2. The van der Waals surface area contributed by atoms with Crippen LogP contribution in [0.2, 0.25) is 0 Å². The van der Waals surface area contributed by atoms with Crippen LogP contribution in [-0.2, 0) is 25.7 Å². The van der Waals surface area contributed by atoms with E-state index in [0.29, 0.717) is 30.9 Å². The summed E-state index contributed by atoms with van der Waals surface area (Å²) in [5.74, 6) is 0.161. The van der Waals surface area contributed by atoms with Crippen molar-refractivity contribution in [1.82, 2.24) is 4.90 Å². The molecule has 146 valence electrons. The van der Waals surface area contributed by atoms with Gasteiger partial charge in [0.25, 0.3) is 5.91 Å². The van der Waals surface area contributed by atoms with Crippen LogP contribution in [0.1, 0.15) is 37.7 Å². The van der Waals surface area contributed by atoms with Crippen molar-refractivity contribution in [3.63, 3.8) is 0 Å². The van der Waals surface area contributed by atoms with Crippen molar-refractivity contribution in [3.8, 4) is 5.75 Å². The van der Waals surface area contributed by atoms with Crippen LogP contribution in [0, 0.1) is 17.8 Å². The van der Waals surface area contributed by atoms with Crippen LogP contribution >= 0.6 is 0 Å². The van der Waals surface area contributed by atoms with E-state index in [-0.39, 0.29) is 36.2 Å². The molecule has 27 heavy (non-hydrogen) atoms. The van der Waals surface area contributed by atoms with Gasteiger partial charge in [0.1, 0.15) is 11.5 Å². The highest BCUT2D eigenvalue weighted by Gasteiger charge is 2.41. The average Bonchev–Trinajstić information content (AvgIpc) is 2.66. The molecule has 0 aromatic heterocycles. The zero-order valence-electron chi connectivity index (χ0n) is 16.0. The number of likely N-dealkylation sites (N-methyl/N-ethyl adjacent to an activating group) is 1. The van der Waals surface area contributed by atoms with E-state index in [1.807, 2.05) is 24.3 Å². The molecule has 3 rings (SSSR count). The number of benzene rings is 1. The van der Waals surface area contributed by atoms with Gasteiger partial charge in [-0.25, -0.2) is 0 Å². The third-order valence-corrected chi connectivity index (χ3v) is 5.75. The van der Waals surface area contributed by atoms with Crippen molar-refractivity contribution in [3.05, 3.63) is 29.8 Å². The number of para-hydroxylation sites is 1. The van der Waals surface area contributed by atoms with Gasteiger partial charge in [-0.1, -0.05) is 24.6 Å². The Hall–Kier alpha value is -2.37. The first-order chi connectivity index (χ1) is 13.0. The number of fused-ring (bicyclic) bond motifs is 2. The monoisotopic (exact) mass is 373 g/mol. The molecule has 2 fully saturated rings. The predicted molar refractivity (Wildman–Crippen MR) is 99.0 cm³/mol. The number of carbonyl (C=O) groups excluding carboxylic acids is 3. The van der Waals surface area contributed by atoms with Gasteiger partial charge in [0.2, 0.25) is 0 Å². The Kier molecular flexibility index (Phi) is 6.14. The number of ketones is 1. The summed E-state index contributed by atoms with van der Waals surface area (Å²) in [5, 5.41) is 0. The molecule has 0 aliphatic heterocycles. The van der Waals surface area contributed by atoms with Crippen LogP contribution in [0.15, 0.2) is 24.3 Å². The molecule has 2 aliphatic rings. The number of hydrogen-bond acceptors (Lipinski definition) is 5. The molecule has 2 bridgehead atoms. The third-order valence-electron chi connectivity index (χ3n) is 5.75. The Labute approximate surface area is 159 Å². The van der Waals surface area contributed by atoms with Gasteiger partial charge < -0.3 is 14.4 Å². The molecular formula is C21H27NO5. The molecule has 1 aromatic carbocycles. The Morgan fingerprint density at radius 3 is 2.48 bits per heavy atom. The number of nitrogens with zero attached hydrogens (tertiary/aromatic N) is 1. The van der Waals surface area contributed by atoms with Crippen LogP contribution < -0.4 is 4.74 Å². The first-order valence-electron chi connectivity index (χ1n) is 9.55. The molecule has 2 saturated carbocycles. The molecule has 0 saturated heterocycles. The number of rotatable bonds is 6. The van der Waals surface area contributed by atoms with Crippen molar-refractivity contribution in [2.24, 2.45) is 17.8 Å².